The van der Waals surface area contributed by atoms with E-state index in [-0.39, 0.29) is 0 Å². The van der Waals surface area contributed by atoms with E-state index in [0.29, 0.717) is 5.92 Å². The first-order chi connectivity index (χ1) is 8.77. The number of hydrogen-bond acceptors (Lipinski definition) is 1. The predicted molar refractivity (Wildman–Crippen MR) is 84.2 cm³/mol. The molecular weight excluding hydrogens is 286 g/mol. The summed E-state index contributed by atoms with van der Waals surface area (Å²) >= 11 is 3.57. The van der Waals surface area contributed by atoms with Crippen LogP contribution in [0.2, 0.25) is 0 Å². The highest BCUT2D eigenvalue weighted by Gasteiger charge is 2.10. The zero-order chi connectivity index (χ0) is 13.2. The van der Waals surface area contributed by atoms with Crippen LogP contribution in [0.15, 0.2) is 28.7 Å². The van der Waals surface area contributed by atoms with Gasteiger partial charge in [0.1, 0.15) is 0 Å². The summed E-state index contributed by atoms with van der Waals surface area (Å²) in [7, 11) is 0. The smallest absolute Gasteiger partial charge is 0.0178 e. The average molecular weight is 312 g/mol. The van der Waals surface area contributed by atoms with Crippen molar-refractivity contribution in [2.75, 3.05) is 13.1 Å². The van der Waals surface area contributed by atoms with Gasteiger partial charge in [0.05, 0.1) is 0 Å². The SMILES string of the molecule is CCCCCCC(CNCC)c1cccc(Br)c1. The third kappa shape index (κ3) is 6.01. The van der Waals surface area contributed by atoms with Crippen LogP contribution in [0.5, 0.6) is 0 Å². The van der Waals surface area contributed by atoms with Gasteiger partial charge >= 0.3 is 0 Å². The zero-order valence-corrected chi connectivity index (χ0v) is 13.3. The molecule has 1 N–H and O–H groups in total. The molecule has 0 spiro atoms. The minimum Gasteiger partial charge on any atom is -0.316 e. The number of unbranched alkanes of at least 4 members (excludes halogenated alkanes) is 3. The Balaban J connectivity index is 2.54. The molecule has 0 heterocycles. The Labute approximate surface area is 120 Å². The van der Waals surface area contributed by atoms with Gasteiger partial charge in [0.2, 0.25) is 0 Å². The summed E-state index contributed by atoms with van der Waals surface area (Å²) in [5, 5.41) is 3.49. The molecule has 0 aliphatic rings. The van der Waals surface area contributed by atoms with Crippen molar-refractivity contribution in [2.24, 2.45) is 0 Å². The molecule has 0 aromatic heterocycles. The van der Waals surface area contributed by atoms with E-state index in [9.17, 15) is 0 Å². The fourth-order valence-electron chi connectivity index (χ4n) is 2.28. The van der Waals surface area contributed by atoms with E-state index >= 15 is 0 Å². The highest BCUT2D eigenvalue weighted by atomic mass is 79.9. The minimum atomic E-state index is 0.652. The lowest BCUT2D eigenvalue weighted by Crippen LogP contribution is -2.21. The van der Waals surface area contributed by atoms with E-state index in [0.717, 1.165) is 13.1 Å². The van der Waals surface area contributed by atoms with Crippen molar-refractivity contribution >= 4 is 15.9 Å². The minimum absolute atomic E-state index is 0.652. The summed E-state index contributed by atoms with van der Waals surface area (Å²) in [6.45, 7) is 6.60. The number of rotatable bonds is 9. The summed E-state index contributed by atoms with van der Waals surface area (Å²) in [5.41, 5.74) is 1.46. The molecule has 0 bridgehead atoms. The third-order valence-corrected chi connectivity index (χ3v) is 3.86. The highest BCUT2D eigenvalue weighted by molar-refractivity contribution is 9.10. The predicted octanol–water partition coefficient (Wildman–Crippen LogP) is 5.11. The van der Waals surface area contributed by atoms with E-state index in [1.807, 2.05) is 0 Å². The van der Waals surface area contributed by atoms with Crippen LogP contribution in [-0.2, 0) is 0 Å². The summed E-state index contributed by atoms with van der Waals surface area (Å²) in [5.74, 6) is 0.652. The molecule has 0 fully saturated rings. The average Bonchev–Trinajstić information content (AvgIpc) is 2.38. The number of hydrogen-bond donors (Lipinski definition) is 1. The maximum atomic E-state index is 3.57. The van der Waals surface area contributed by atoms with Gasteiger partial charge in [0.15, 0.2) is 0 Å². The van der Waals surface area contributed by atoms with Gasteiger partial charge in [-0.25, -0.2) is 0 Å². The topological polar surface area (TPSA) is 12.0 Å². The molecule has 1 rings (SSSR count). The van der Waals surface area contributed by atoms with E-state index in [1.54, 1.807) is 0 Å². The van der Waals surface area contributed by atoms with E-state index < -0.39 is 0 Å². The van der Waals surface area contributed by atoms with Gasteiger partial charge in [-0.05, 0) is 36.6 Å². The Hall–Kier alpha value is -0.340. The number of halogens is 1. The Bertz CT molecular complexity index is 325. The van der Waals surface area contributed by atoms with Crippen molar-refractivity contribution in [1.82, 2.24) is 5.32 Å². The quantitative estimate of drug-likeness (QED) is 0.625. The van der Waals surface area contributed by atoms with Crippen molar-refractivity contribution in [2.45, 2.75) is 51.9 Å². The summed E-state index contributed by atoms with van der Waals surface area (Å²) < 4.78 is 1.19. The Morgan fingerprint density at radius 2 is 2.00 bits per heavy atom. The molecule has 0 aliphatic carbocycles. The fraction of sp³-hybridized carbons (Fsp3) is 0.625. The first-order valence-corrected chi connectivity index (χ1v) is 8.03. The number of nitrogens with one attached hydrogen (secondary N) is 1. The third-order valence-electron chi connectivity index (χ3n) is 3.37. The molecule has 0 saturated carbocycles. The van der Waals surface area contributed by atoms with Crippen LogP contribution in [-0.4, -0.2) is 13.1 Å². The second-order valence-corrected chi connectivity index (χ2v) is 5.82. The maximum absolute atomic E-state index is 3.57. The number of likely N-dealkylation sites (N-methyl/N-ethyl adjacent to an activating group) is 1. The van der Waals surface area contributed by atoms with Gasteiger partial charge in [-0.3, -0.25) is 0 Å². The lowest BCUT2D eigenvalue weighted by molar-refractivity contribution is 0.520. The molecule has 18 heavy (non-hydrogen) atoms. The zero-order valence-electron chi connectivity index (χ0n) is 11.7. The molecular formula is C16H26BrN. The van der Waals surface area contributed by atoms with Crippen LogP contribution < -0.4 is 5.32 Å². The van der Waals surface area contributed by atoms with Gasteiger partial charge in [-0.1, -0.05) is 67.6 Å². The monoisotopic (exact) mass is 311 g/mol. The maximum Gasteiger partial charge on any atom is 0.0178 e. The molecule has 0 saturated heterocycles. The van der Waals surface area contributed by atoms with Crippen LogP contribution in [0.3, 0.4) is 0 Å². The van der Waals surface area contributed by atoms with E-state index in [4.69, 9.17) is 0 Å². The molecule has 1 unspecified atom stereocenters. The van der Waals surface area contributed by atoms with Crippen molar-refractivity contribution < 1.29 is 0 Å². The van der Waals surface area contributed by atoms with Crippen molar-refractivity contribution in [1.29, 1.82) is 0 Å². The van der Waals surface area contributed by atoms with Gasteiger partial charge in [0, 0.05) is 11.0 Å². The van der Waals surface area contributed by atoms with E-state index in [2.05, 4.69) is 59.4 Å². The van der Waals surface area contributed by atoms with Crippen molar-refractivity contribution in [3.8, 4) is 0 Å². The molecule has 0 radical (unpaired) electrons. The van der Waals surface area contributed by atoms with Gasteiger partial charge in [-0.2, -0.15) is 0 Å². The van der Waals surface area contributed by atoms with Gasteiger partial charge in [0.25, 0.3) is 0 Å². The molecule has 1 atom stereocenters. The Morgan fingerprint density at radius 3 is 2.67 bits per heavy atom. The van der Waals surface area contributed by atoms with Gasteiger partial charge in [-0.15, -0.1) is 0 Å². The first kappa shape index (κ1) is 15.7. The summed E-state index contributed by atoms with van der Waals surface area (Å²) in [4.78, 5) is 0. The van der Waals surface area contributed by atoms with Crippen LogP contribution in [0.25, 0.3) is 0 Å². The van der Waals surface area contributed by atoms with Crippen molar-refractivity contribution in [3.63, 3.8) is 0 Å². The van der Waals surface area contributed by atoms with Gasteiger partial charge < -0.3 is 5.32 Å². The molecule has 1 aromatic carbocycles. The molecule has 0 aliphatic heterocycles. The Kier molecular flexibility index (Phi) is 8.36. The molecule has 0 amide bonds. The summed E-state index contributed by atoms with van der Waals surface area (Å²) in [6.07, 6.45) is 6.69. The highest BCUT2D eigenvalue weighted by Crippen LogP contribution is 2.24. The number of benzene rings is 1. The van der Waals surface area contributed by atoms with Crippen LogP contribution in [0.4, 0.5) is 0 Å². The van der Waals surface area contributed by atoms with E-state index in [1.165, 1.54) is 42.1 Å². The standard InChI is InChI=1S/C16H26BrN/c1-3-5-6-7-9-15(13-18-4-2)14-10-8-11-16(17)12-14/h8,10-12,15,18H,3-7,9,13H2,1-2H3. The lowest BCUT2D eigenvalue weighted by atomic mass is 9.93. The molecule has 1 nitrogen and oxygen atoms in total. The lowest BCUT2D eigenvalue weighted by Gasteiger charge is -2.18. The van der Waals surface area contributed by atoms with Crippen LogP contribution in [0, 0.1) is 0 Å². The fourth-order valence-corrected chi connectivity index (χ4v) is 2.70. The van der Waals surface area contributed by atoms with Crippen molar-refractivity contribution in [3.05, 3.63) is 34.3 Å². The van der Waals surface area contributed by atoms with Crippen LogP contribution >= 0.6 is 15.9 Å². The second kappa shape index (κ2) is 9.57. The molecule has 1 aromatic rings. The normalized spacial score (nSPS) is 12.6. The molecule has 102 valence electrons. The first-order valence-electron chi connectivity index (χ1n) is 7.24. The Morgan fingerprint density at radius 1 is 1.17 bits per heavy atom. The summed E-state index contributed by atoms with van der Waals surface area (Å²) in [6, 6.07) is 8.77. The largest absolute Gasteiger partial charge is 0.316 e. The molecule has 2 heteroatoms. The van der Waals surface area contributed by atoms with Crippen LogP contribution in [0.1, 0.15) is 57.4 Å². The second-order valence-electron chi connectivity index (χ2n) is 4.91.